The SMILES string of the molecule is C=CCC(Nc1ccc(Cl)cc1)c1ccc([N+](=O)[O-])cc1. The van der Waals surface area contributed by atoms with Gasteiger partial charge in [-0.15, -0.1) is 6.58 Å². The number of anilines is 1. The molecule has 4 nitrogen and oxygen atoms in total. The van der Waals surface area contributed by atoms with Crippen LogP contribution in [-0.4, -0.2) is 4.92 Å². The van der Waals surface area contributed by atoms with Crippen LogP contribution in [0.25, 0.3) is 0 Å². The van der Waals surface area contributed by atoms with Gasteiger partial charge in [-0.25, -0.2) is 0 Å². The van der Waals surface area contributed by atoms with E-state index in [9.17, 15) is 10.1 Å². The summed E-state index contributed by atoms with van der Waals surface area (Å²) in [6.07, 6.45) is 2.52. The van der Waals surface area contributed by atoms with Gasteiger partial charge in [-0.2, -0.15) is 0 Å². The average Bonchev–Trinajstić information content (AvgIpc) is 2.49. The summed E-state index contributed by atoms with van der Waals surface area (Å²) in [5.74, 6) is 0. The molecule has 5 heteroatoms. The van der Waals surface area contributed by atoms with Crippen LogP contribution in [0.15, 0.2) is 61.2 Å². The van der Waals surface area contributed by atoms with E-state index in [1.54, 1.807) is 12.1 Å². The zero-order chi connectivity index (χ0) is 15.2. The normalized spacial score (nSPS) is 11.7. The van der Waals surface area contributed by atoms with Crippen LogP contribution in [0.4, 0.5) is 11.4 Å². The van der Waals surface area contributed by atoms with E-state index in [4.69, 9.17) is 11.6 Å². The maximum absolute atomic E-state index is 10.7. The molecule has 1 atom stereocenters. The van der Waals surface area contributed by atoms with E-state index < -0.39 is 4.92 Å². The second kappa shape index (κ2) is 6.90. The summed E-state index contributed by atoms with van der Waals surface area (Å²) in [6.45, 7) is 3.76. The van der Waals surface area contributed by atoms with Gasteiger partial charge in [0, 0.05) is 22.8 Å². The fraction of sp³-hybridized carbons (Fsp3) is 0.125. The Balaban J connectivity index is 2.19. The Morgan fingerprint density at radius 3 is 2.33 bits per heavy atom. The molecule has 0 saturated carbocycles. The molecule has 0 aromatic heterocycles. The number of halogens is 1. The van der Waals surface area contributed by atoms with Crippen molar-refractivity contribution < 1.29 is 4.92 Å². The maximum atomic E-state index is 10.7. The first-order valence-electron chi connectivity index (χ1n) is 6.47. The van der Waals surface area contributed by atoms with Gasteiger partial charge in [0.2, 0.25) is 0 Å². The Hall–Kier alpha value is -2.33. The van der Waals surface area contributed by atoms with Gasteiger partial charge in [0.1, 0.15) is 0 Å². The molecule has 0 amide bonds. The third kappa shape index (κ3) is 4.07. The topological polar surface area (TPSA) is 55.2 Å². The molecule has 0 bridgehead atoms. The highest BCUT2D eigenvalue weighted by Crippen LogP contribution is 2.25. The van der Waals surface area contributed by atoms with E-state index in [1.165, 1.54) is 12.1 Å². The first-order valence-corrected chi connectivity index (χ1v) is 6.85. The van der Waals surface area contributed by atoms with E-state index >= 15 is 0 Å². The molecule has 1 N–H and O–H groups in total. The summed E-state index contributed by atoms with van der Waals surface area (Å²) < 4.78 is 0. The van der Waals surface area contributed by atoms with Crippen LogP contribution in [0, 0.1) is 10.1 Å². The second-order valence-corrected chi connectivity index (χ2v) is 5.01. The fourth-order valence-corrected chi connectivity index (χ4v) is 2.15. The van der Waals surface area contributed by atoms with Crippen LogP contribution in [0.3, 0.4) is 0 Å². The molecule has 2 aromatic rings. The highest BCUT2D eigenvalue weighted by molar-refractivity contribution is 6.30. The molecule has 0 spiro atoms. The molecule has 108 valence electrons. The van der Waals surface area contributed by atoms with Crippen molar-refractivity contribution in [3.8, 4) is 0 Å². The third-order valence-corrected chi connectivity index (χ3v) is 3.35. The summed E-state index contributed by atoms with van der Waals surface area (Å²) in [7, 11) is 0. The molecule has 0 aliphatic heterocycles. The van der Waals surface area contributed by atoms with Gasteiger partial charge in [-0.1, -0.05) is 29.8 Å². The number of nitrogens with zero attached hydrogens (tertiary/aromatic N) is 1. The van der Waals surface area contributed by atoms with E-state index in [1.807, 2.05) is 30.3 Å². The van der Waals surface area contributed by atoms with Crippen LogP contribution in [0.5, 0.6) is 0 Å². The Morgan fingerprint density at radius 1 is 1.19 bits per heavy atom. The molecular weight excluding hydrogens is 288 g/mol. The lowest BCUT2D eigenvalue weighted by Crippen LogP contribution is -2.09. The largest absolute Gasteiger partial charge is 0.378 e. The molecule has 0 aliphatic carbocycles. The monoisotopic (exact) mass is 302 g/mol. The fourth-order valence-electron chi connectivity index (χ4n) is 2.02. The summed E-state index contributed by atoms with van der Waals surface area (Å²) in [5, 5.41) is 14.7. The lowest BCUT2D eigenvalue weighted by Gasteiger charge is -2.19. The maximum Gasteiger partial charge on any atom is 0.269 e. The summed E-state index contributed by atoms with van der Waals surface area (Å²) in [5.41, 5.74) is 1.99. The molecule has 0 heterocycles. The molecule has 21 heavy (non-hydrogen) atoms. The third-order valence-electron chi connectivity index (χ3n) is 3.09. The van der Waals surface area contributed by atoms with Crippen molar-refractivity contribution in [2.24, 2.45) is 0 Å². The standard InChI is InChI=1S/C16H15ClN2O2/c1-2-3-16(18-14-8-6-13(17)7-9-14)12-4-10-15(11-5-12)19(20)21/h2,4-11,16,18H,1,3H2. The van der Waals surface area contributed by atoms with Crippen LogP contribution in [-0.2, 0) is 0 Å². The van der Waals surface area contributed by atoms with E-state index in [0.717, 1.165) is 11.3 Å². The highest BCUT2D eigenvalue weighted by Gasteiger charge is 2.12. The van der Waals surface area contributed by atoms with Crippen LogP contribution >= 0.6 is 11.6 Å². The summed E-state index contributed by atoms with van der Waals surface area (Å²) in [4.78, 5) is 10.3. The number of hydrogen-bond acceptors (Lipinski definition) is 3. The van der Waals surface area contributed by atoms with Crippen molar-refractivity contribution in [3.05, 3.63) is 81.9 Å². The Morgan fingerprint density at radius 2 is 1.81 bits per heavy atom. The Labute approximate surface area is 128 Å². The van der Waals surface area contributed by atoms with Gasteiger partial charge in [0.15, 0.2) is 0 Å². The van der Waals surface area contributed by atoms with Crippen LogP contribution < -0.4 is 5.32 Å². The first kappa shape index (κ1) is 15.1. The number of nitro benzene ring substituents is 1. The smallest absolute Gasteiger partial charge is 0.269 e. The Bertz CT molecular complexity index is 624. The van der Waals surface area contributed by atoms with Gasteiger partial charge >= 0.3 is 0 Å². The molecular formula is C16H15ClN2O2. The minimum absolute atomic E-state index is 0.00415. The molecule has 1 unspecified atom stereocenters. The number of nitrogens with one attached hydrogen (secondary N) is 1. The number of benzene rings is 2. The molecule has 0 saturated heterocycles. The summed E-state index contributed by atoms with van der Waals surface area (Å²) in [6, 6.07) is 13.9. The second-order valence-electron chi connectivity index (χ2n) is 4.58. The van der Waals surface area contributed by atoms with Crippen molar-refractivity contribution in [2.75, 3.05) is 5.32 Å². The predicted molar refractivity (Wildman–Crippen MR) is 85.7 cm³/mol. The lowest BCUT2D eigenvalue weighted by molar-refractivity contribution is -0.384. The van der Waals surface area contributed by atoms with Gasteiger partial charge in [0.05, 0.1) is 11.0 Å². The van der Waals surface area contributed by atoms with Crippen molar-refractivity contribution in [3.63, 3.8) is 0 Å². The quantitative estimate of drug-likeness (QED) is 0.465. The van der Waals surface area contributed by atoms with Gasteiger partial charge < -0.3 is 5.32 Å². The predicted octanol–water partition coefficient (Wildman–Crippen LogP) is 4.98. The number of nitro groups is 1. The van der Waals surface area contributed by atoms with E-state index in [-0.39, 0.29) is 11.7 Å². The molecule has 0 fully saturated rings. The zero-order valence-corrected chi connectivity index (χ0v) is 12.1. The van der Waals surface area contributed by atoms with E-state index in [0.29, 0.717) is 11.4 Å². The van der Waals surface area contributed by atoms with Gasteiger partial charge in [-0.3, -0.25) is 10.1 Å². The van der Waals surface area contributed by atoms with Crippen molar-refractivity contribution in [2.45, 2.75) is 12.5 Å². The van der Waals surface area contributed by atoms with Crippen LogP contribution in [0.2, 0.25) is 5.02 Å². The number of hydrogen-bond donors (Lipinski definition) is 1. The average molecular weight is 303 g/mol. The van der Waals surface area contributed by atoms with Gasteiger partial charge in [0.25, 0.3) is 5.69 Å². The summed E-state index contributed by atoms with van der Waals surface area (Å²) >= 11 is 5.87. The van der Waals surface area contributed by atoms with Crippen molar-refractivity contribution in [1.82, 2.24) is 0 Å². The van der Waals surface area contributed by atoms with Gasteiger partial charge in [-0.05, 0) is 36.2 Å². The first-order chi connectivity index (χ1) is 10.1. The lowest BCUT2D eigenvalue weighted by atomic mass is 10.0. The number of non-ortho nitro benzene ring substituents is 1. The van der Waals surface area contributed by atoms with Crippen LogP contribution in [0.1, 0.15) is 18.0 Å². The molecule has 2 rings (SSSR count). The molecule has 2 aromatic carbocycles. The highest BCUT2D eigenvalue weighted by atomic mass is 35.5. The Kier molecular flexibility index (Phi) is 4.95. The minimum Gasteiger partial charge on any atom is -0.378 e. The molecule has 0 radical (unpaired) electrons. The number of rotatable bonds is 6. The molecule has 0 aliphatic rings. The minimum atomic E-state index is -0.404. The van der Waals surface area contributed by atoms with Crippen molar-refractivity contribution in [1.29, 1.82) is 0 Å². The van der Waals surface area contributed by atoms with Crippen molar-refractivity contribution >= 4 is 23.0 Å². The zero-order valence-electron chi connectivity index (χ0n) is 11.3. The van der Waals surface area contributed by atoms with E-state index in [2.05, 4.69) is 11.9 Å².